The van der Waals surface area contributed by atoms with E-state index >= 15 is 0 Å². The quantitative estimate of drug-likeness (QED) is 0.476. The Morgan fingerprint density at radius 3 is 2.72 bits per heavy atom. The average Bonchev–Trinajstić information content (AvgIpc) is 3.43. The Hall–Kier alpha value is -3.96. The fourth-order valence-corrected chi connectivity index (χ4v) is 4.05. The molecule has 0 radical (unpaired) electrons. The van der Waals surface area contributed by atoms with E-state index in [1.165, 1.54) is 18.9 Å². The van der Waals surface area contributed by atoms with Crippen molar-refractivity contribution in [2.24, 2.45) is 4.99 Å². The van der Waals surface area contributed by atoms with Crippen molar-refractivity contribution in [3.05, 3.63) is 83.2 Å². The molecule has 4 rings (SSSR count). The SMILES string of the molecule is COc1cc(C=C2SC(=Nc3ccccc3)N(Cc3ccco3)C2=O)ccc1OCC#N. The van der Waals surface area contributed by atoms with Gasteiger partial charge < -0.3 is 13.9 Å². The summed E-state index contributed by atoms with van der Waals surface area (Å²) in [6.45, 7) is 0.207. The summed E-state index contributed by atoms with van der Waals surface area (Å²) in [5, 5.41) is 9.30. The Kier molecular flexibility index (Phi) is 6.58. The molecule has 1 amide bonds. The molecule has 0 atom stereocenters. The van der Waals surface area contributed by atoms with E-state index in [0.29, 0.717) is 27.3 Å². The van der Waals surface area contributed by atoms with Crippen molar-refractivity contribution in [2.45, 2.75) is 6.54 Å². The summed E-state index contributed by atoms with van der Waals surface area (Å²) in [7, 11) is 1.52. The van der Waals surface area contributed by atoms with Crippen molar-refractivity contribution in [1.29, 1.82) is 5.26 Å². The van der Waals surface area contributed by atoms with Gasteiger partial charge in [-0.25, -0.2) is 4.99 Å². The number of ether oxygens (including phenoxy) is 2. The molecule has 7 nitrogen and oxygen atoms in total. The summed E-state index contributed by atoms with van der Waals surface area (Å²) >= 11 is 1.30. The predicted molar refractivity (Wildman–Crippen MR) is 122 cm³/mol. The minimum Gasteiger partial charge on any atom is -0.493 e. The van der Waals surface area contributed by atoms with Crippen LogP contribution < -0.4 is 9.47 Å². The third kappa shape index (κ3) is 4.85. The molecule has 1 fully saturated rings. The summed E-state index contributed by atoms with van der Waals surface area (Å²) in [6.07, 6.45) is 3.36. The van der Waals surface area contributed by atoms with Crippen LogP contribution in [0, 0.1) is 11.3 Å². The summed E-state index contributed by atoms with van der Waals surface area (Å²) in [4.78, 5) is 20.0. The van der Waals surface area contributed by atoms with Crippen LogP contribution >= 0.6 is 11.8 Å². The number of amidine groups is 1. The van der Waals surface area contributed by atoms with E-state index in [1.807, 2.05) is 42.5 Å². The molecule has 1 saturated heterocycles. The van der Waals surface area contributed by atoms with Crippen LogP contribution in [0.2, 0.25) is 0 Å². The molecule has 1 aliphatic heterocycles. The van der Waals surface area contributed by atoms with E-state index in [0.717, 1.165) is 11.3 Å². The van der Waals surface area contributed by atoms with Crippen LogP contribution in [-0.4, -0.2) is 29.7 Å². The maximum Gasteiger partial charge on any atom is 0.267 e. The molecule has 160 valence electrons. The molecule has 32 heavy (non-hydrogen) atoms. The topological polar surface area (TPSA) is 88.1 Å². The molecule has 0 N–H and O–H groups in total. The lowest BCUT2D eigenvalue weighted by Crippen LogP contribution is -2.28. The first-order chi connectivity index (χ1) is 15.7. The minimum atomic E-state index is -0.162. The number of thioether (sulfide) groups is 1. The van der Waals surface area contributed by atoms with E-state index < -0.39 is 0 Å². The Morgan fingerprint density at radius 1 is 1.16 bits per heavy atom. The lowest BCUT2D eigenvalue weighted by atomic mass is 10.2. The van der Waals surface area contributed by atoms with Gasteiger partial charge in [-0.05, 0) is 59.8 Å². The van der Waals surface area contributed by atoms with Gasteiger partial charge >= 0.3 is 0 Å². The van der Waals surface area contributed by atoms with Gasteiger partial charge in [-0.3, -0.25) is 9.69 Å². The van der Waals surface area contributed by atoms with Crippen molar-refractivity contribution < 1.29 is 18.7 Å². The van der Waals surface area contributed by atoms with Crippen molar-refractivity contribution in [1.82, 2.24) is 4.90 Å². The number of rotatable bonds is 7. The highest BCUT2D eigenvalue weighted by atomic mass is 32.2. The van der Waals surface area contributed by atoms with E-state index in [4.69, 9.17) is 19.2 Å². The van der Waals surface area contributed by atoms with Crippen molar-refractivity contribution in [3.63, 3.8) is 0 Å². The van der Waals surface area contributed by atoms with Crippen molar-refractivity contribution in [3.8, 4) is 17.6 Å². The Labute approximate surface area is 189 Å². The number of furan rings is 1. The second-order valence-electron chi connectivity index (χ2n) is 6.67. The van der Waals surface area contributed by atoms with Gasteiger partial charge in [0.25, 0.3) is 5.91 Å². The molecular weight excluding hydrogens is 426 g/mol. The van der Waals surface area contributed by atoms with Crippen LogP contribution in [0.25, 0.3) is 6.08 Å². The fraction of sp³-hybridized carbons (Fsp3) is 0.125. The van der Waals surface area contributed by atoms with Gasteiger partial charge in [0.1, 0.15) is 11.8 Å². The van der Waals surface area contributed by atoms with E-state index in [1.54, 1.807) is 41.5 Å². The normalized spacial score (nSPS) is 15.9. The first kappa shape index (κ1) is 21.3. The number of methoxy groups -OCH3 is 1. The maximum absolute atomic E-state index is 13.2. The van der Waals surface area contributed by atoms with E-state index in [2.05, 4.69) is 4.99 Å². The molecule has 1 aliphatic rings. The van der Waals surface area contributed by atoms with Gasteiger partial charge in [0.15, 0.2) is 23.3 Å². The molecule has 0 saturated carbocycles. The molecule has 0 spiro atoms. The molecule has 0 aliphatic carbocycles. The number of carbonyl (C=O) groups is 1. The molecule has 1 aromatic heterocycles. The molecule has 3 aromatic rings. The van der Waals surface area contributed by atoms with Gasteiger partial charge in [-0.15, -0.1) is 0 Å². The van der Waals surface area contributed by atoms with Crippen molar-refractivity contribution in [2.75, 3.05) is 13.7 Å². The van der Waals surface area contributed by atoms with Crippen LogP contribution in [0.15, 0.2) is 81.2 Å². The molecule has 8 heteroatoms. The number of hydrogen-bond acceptors (Lipinski definition) is 7. The Balaban J connectivity index is 1.65. The lowest BCUT2D eigenvalue weighted by Gasteiger charge is -2.13. The van der Waals surface area contributed by atoms with Crippen LogP contribution in [0.4, 0.5) is 5.69 Å². The number of aliphatic imine (C=N–C) groups is 1. The van der Waals surface area contributed by atoms with Crippen LogP contribution in [0.1, 0.15) is 11.3 Å². The average molecular weight is 446 g/mol. The van der Waals surface area contributed by atoms with Crippen molar-refractivity contribution >= 4 is 34.6 Å². The van der Waals surface area contributed by atoms with Gasteiger partial charge in [-0.1, -0.05) is 24.3 Å². The summed E-state index contributed by atoms with van der Waals surface area (Å²) in [5.41, 5.74) is 1.52. The van der Waals surface area contributed by atoms with E-state index in [-0.39, 0.29) is 19.1 Å². The van der Waals surface area contributed by atoms with Crippen LogP contribution in [0.5, 0.6) is 11.5 Å². The van der Waals surface area contributed by atoms with Crippen LogP contribution in [-0.2, 0) is 11.3 Å². The number of nitrogens with zero attached hydrogens (tertiary/aromatic N) is 3. The molecule has 2 aromatic carbocycles. The molecule has 0 unspecified atom stereocenters. The summed E-state index contributed by atoms with van der Waals surface area (Å²) < 4.78 is 16.2. The highest BCUT2D eigenvalue weighted by Gasteiger charge is 2.34. The van der Waals surface area contributed by atoms with Gasteiger partial charge in [0.2, 0.25) is 0 Å². The fourth-order valence-electron chi connectivity index (χ4n) is 3.06. The maximum atomic E-state index is 13.2. The Morgan fingerprint density at radius 2 is 2.00 bits per heavy atom. The second-order valence-corrected chi connectivity index (χ2v) is 7.68. The summed E-state index contributed by atoms with van der Waals surface area (Å²) in [5.74, 6) is 1.45. The number of nitriles is 1. The van der Waals surface area contributed by atoms with E-state index in [9.17, 15) is 4.79 Å². The third-order valence-electron chi connectivity index (χ3n) is 4.54. The predicted octanol–water partition coefficient (Wildman–Crippen LogP) is 4.99. The van der Waals surface area contributed by atoms with Gasteiger partial charge in [0.05, 0.1) is 30.5 Å². The second kappa shape index (κ2) is 9.90. The Bertz CT molecular complexity index is 1200. The zero-order chi connectivity index (χ0) is 22.3. The zero-order valence-corrected chi connectivity index (χ0v) is 18.0. The molecular formula is C24H19N3O4S. The summed E-state index contributed by atoms with van der Waals surface area (Å²) in [6, 6.07) is 20.3. The minimum absolute atomic E-state index is 0.0772. The third-order valence-corrected chi connectivity index (χ3v) is 5.55. The zero-order valence-electron chi connectivity index (χ0n) is 17.2. The first-order valence-corrected chi connectivity index (χ1v) is 10.5. The number of benzene rings is 2. The monoisotopic (exact) mass is 445 g/mol. The number of carbonyl (C=O) groups excluding carboxylic acids is 1. The first-order valence-electron chi connectivity index (χ1n) is 9.73. The number of hydrogen-bond donors (Lipinski definition) is 0. The van der Waals surface area contributed by atoms with Gasteiger partial charge in [0, 0.05) is 0 Å². The number of para-hydroxylation sites is 1. The number of amides is 1. The van der Waals surface area contributed by atoms with Gasteiger partial charge in [-0.2, -0.15) is 5.26 Å². The molecule has 2 heterocycles. The standard InChI is InChI=1S/C24H19N3O4S/c1-29-21-14-17(9-10-20(21)31-13-11-25)15-22-23(28)27(16-19-8-5-12-30-19)24(32-22)26-18-6-3-2-4-7-18/h2-10,12,14-15H,13,16H2,1H3. The van der Waals surface area contributed by atoms with Crippen LogP contribution in [0.3, 0.4) is 0 Å². The smallest absolute Gasteiger partial charge is 0.267 e. The lowest BCUT2D eigenvalue weighted by molar-refractivity contribution is -0.122. The highest BCUT2D eigenvalue weighted by Crippen LogP contribution is 2.36. The largest absolute Gasteiger partial charge is 0.493 e. The highest BCUT2D eigenvalue weighted by molar-refractivity contribution is 8.18. The molecule has 0 bridgehead atoms.